The Morgan fingerprint density at radius 2 is 1.79 bits per heavy atom. The first-order valence-corrected chi connectivity index (χ1v) is 9.38. The van der Waals surface area contributed by atoms with Crippen molar-refractivity contribution in [2.24, 2.45) is 0 Å². The van der Waals surface area contributed by atoms with Crippen molar-refractivity contribution < 1.29 is 23.9 Å². The quantitative estimate of drug-likeness (QED) is 0.600. The second-order valence-corrected chi connectivity index (χ2v) is 6.87. The summed E-state index contributed by atoms with van der Waals surface area (Å²) in [5.74, 6) is -1.25. The third kappa shape index (κ3) is 4.87. The van der Waals surface area contributed by atoms with Crippen LogP contribution in [0.1, 0.15) is 47.4 Å². The van der Waals surface area contributed by atoms with Crippen LogP contribution in [0, 0.1) is 0 Å². The summed E-state index contributed by atoms with van der Waals surface area (Å²) < 4.78 is 5.27. The van der Waals surface area contributed by atoms with E-state index in [1.54, 1.807) is 53.4 Å². The zero-order valence-corrected chi connectivity index (χ0v) is 16.3. The lowest BCUT2D eigenvalue weighted by Gasteiger charge is -2.17. The number of hydrogen-bond donors (Lipinski definition) is 1. The predicted molar refractivity (Wildman–Crippen MR) is 108 cm³/mol. The molecule has 7 heteroatoms. The number of benzene rings is 2. The number of nitrogens with zero attached hydrogens (tertiary/aromatic N) is 1. The maximum Gasteiger partial charge on any atom is 0.338 e. The van der Waals surface area contributed by atoms with Gasteiger partial charge in [-0.1, -0.05) is 18.2 Å². The van der Waals surface area contributed by atoms with Crippen molar-refractivity contribution in [2.75, 3.05) is 16.8 Å². The van der Waals surface area contributed by atoms with E-state index in [4.69, 9.17) is 4.74 Å². The molecule has 3 rings (SSSR count). The normalized spacial score (nSPS) is 14.4. The van der Waals surface area contributed by atoms with E-state index in [-0.39, 0.29) is 17.3 Å². The molecule has 29 heavy (non-hydrogen) atoms. The van der Waals surface area contributed by atoms with E-state index in [2.05, 4.69) is 5.32 Å². The molecule has 1 N–H and O–H groups in total. The number of anilines is 2. The van der Waals surface area contributed by atoms with Gasteiger partial charge in [-0.05, 0) is 50.6 Å². The fourth-order valence-corrected chi connectivity index (χ4v) is 3.06. The van der Waals surface area contributed by atoms with Crippen molar-refractivity contribution >= 4 is 34.9 Å². The molecular weight excluding hydrogens is 372 g/mol. The number of amides is 2. The minimum atomic E-state index is -1.04. The van der Waals surface area contributed by atoms with Crippen molar-refractivity contribution in [1.29, 1.82) is 0 Å². The molecule has 2 aromatic carbocycles. The minimum Gasteiger partial charge on any atom is -0.449 e. The van der Waals surface area contributed by atoms with Gasteiger partial charge in [-0.25, -0.2) is 4.79 Å². The van der Waals surface area contributed by atoms with E-state index < -0.39 is 18.0 Å². The number of ether oxygens (including phenoxy) is 1. The summed E-state index contributed by atoms with van der Waals surface area (Å²) in [7, 11) is 0. The van der Waals surface area contributed by atoms with Gasteiger partial charge in [0.15, 0.2) is 11.9 Å². The molecule has 0 radical (unpaired) electrons. The van der Waals surface area contributed by atoms with Gasteiger partial charge in [-0.15, -0.1) is 0 Å². The number of rotatable bonds is 6. The van der Waals surface area contributed by atoms with Crippen molar-refractivity contribution in [3.63, 3.8) is 0 Å². The number of esters is 1. The molecule has 1 heterocycles. The molecule has 1 aliphatic heterocycles. The van der Waals surface area contributed by atoms with Gasteiger partial charge in [0.25, 0.3) is 5.91 Å². The Labute approximate surface area is 168 Å². The third-order valence-electron chi connectivity index (χ3n) is 4.66. The zero-order valence-electron chi connectivity index (χ0n) is 16.3. The van der Waals surface area contributed by atoms with Crippen molar-refractivity contribution in [2.45, 2.75) is 32.8 Å². The molecule has 1 atom stereocenters. The Bertz CT molecular complexity index is 969. The molecule has 1 aliphatic rings. The highest BCUT2D eigenvalue weighted by atomic mass is 16.5. The van der Waals surface area contributed by atoms with Crippen LogP contribution in [0.25, 0.3) is 0 Å². The first-order valence-electron chi connectivity index (χ1n) is 9.38. The third-order valence-corrected chi connectivity index (χ3v) is 4.66. The molecule has 2 aromatic rings. The number of carbonyl (C=O) groups excluding carboxylic acids is 4. The fourth-order valence-electron chi connectivity index (χ4n) is 3.06. The first kappa shape index (κ1) is 20.3. The van der Waals surface area contributed by atoms with Crippen molar-refractivity contribution in [1.82, 2.24) is 0 Å². The van der Waals surface area contributed by atoms with Crippen LogP contribution in [-0.2, 0) is 14.3 Å². The summed E-state index contributed by atoms with van der Waals surface area (Å²) in [6.07, 6.45) is 0.243. The molecule has 1 fully saturated rings. The van der Waals surface area contributed by atoms with Crippen LogP contribution in [0.2, 0.25) is 0 Å². The smallest absolute Gasteiger partial charge is 0.338 e. The van der Waals surface area contributed by atoms with E-state index in [0.717, 1.165) is 6.42 Å². The van der Waals surface area contributed by atoms with Gasteiger partial charge in [-0.2, -0.15) is 0 Å². The van der Waals surface area contributed by atoms with E-state index in [9.17, 15) is 19.2 Å². The van der Waals surface area contributed by atoms with Gasteiger partial charge < -0.3 is 15.0 Å². The summed E-state index contributed by atoms with van der Waals surface area (Å²) in [5.41, 5.74) is 1.82. The van der Waals surface area contributed by atoms with E-state index >= 15 is 0 Å². The predicted octanol–water partition coefficient (Wildman–Crippen LogP) is 3.20. The summed E-state index contributed by atoms with van der Waals surface area (Å²) in [4.78, 5) is 49.8. The molecule has 0 saturated carbocycles. The van der Waals surface area contributed by atoms with Crippen molar-refractivity contribution in [3.8, 4) is 0 Å². The highest BCUT2D eigenvalue weighted by molar-refractivity contribution is 6.00. The van der Waals surface area contributed by atoms with Crippen LogP contribution in [0.3, 0.4) is 0 Å². The first-order chi connectivity index (χ1) is 13.8. The van der Waals surface area contributed by atoms with Gasteiger partial charge >= 0.3 is 5.97 Å². The van der Waals surface area contributed by atoms with Crippen LogP contribution in [0.5, 0.6) is 0 Å². The van der Waals surface area contributed by atoms with Crippen LogP contribution >= 0.6 is 0 Å². The van der Waals surface area contributed by atoms with Crippen LogP contribution < -0.4 is 10.2 Å². The van der Waals surface area contributed by atoms with Gasteiger partial charge in [0.05, 0.1) is 5.56 Å². The lowest BCUT2D eigenvalue weighted by atomic mass is 10.1. The maximum absolute atomic E-state index is 12.5. The average molecular weight is 394 g/mol. The molecule has 0 bridgehead atoms. The molecule has 0 spiro atoms. The highest BCUT2D eigenvalue weighted by Gasteiger charge is 2.24. The molecule has 0 aromatic heterocycles. The van der Waals surface area contributed by atoms with Crippen LogP contribution in [0.15, 0.2) is 48.5 Å². The van der Waals surface area contributed by atoms with Gasteiger partial charge in [0, 0.05) is 29.9 Å². The Morgan fingerprint density at radius 1 is 1.07 bits per heavy atom. The second kappa shape index (κ2) is 8.68. The van der Waals surface area contributed by atoms with Gasteiger partial charge in [0.1, 0.15) is 0 Å². The van der Waals surface area contributed by atoms with E-state index in [1.807, 2.05) is 0 Å². The maximum atomic E-state index is 12.5. The average Bonchev–Trinajstić information content (AvgIpc) is 3.14. The molecule has 7 nitrogen and oxygen atoms in total. The van der Waals surface area contributed by atoms with Gasteiger partial charge in [0.2, 0.25) is 5.91 Å². The lowest BCUT2D eigenvalue weighted by Crippen LogP contribution is -2.30. The Hall–Kier alpha value is -3.48. The Morgan fingerprint density at radius 3 is 2.48 bits per heavy atom. The lowest BCUT2D eigenvalue weighted by molar-refractivity contribution is -0.123. The number of nitrogens with one attached hydrogen (secondary N) is 1. The Balaban J connectivity index is 1.64. The van der Waals surface area contributed by atoms with Crippen LogP contribution in [0.4, 0.5) is 11.4 Å². The van der Waals surface area contributed by atoms with Gasteiger partial charge in [-0.3, -0.25) is 14.4 Å². The molecule has 1 saturated heterocycles. The summed E-state index contributed by atoms with van der Waals surface area (Å²) in [5, 5.41) is 2.63. The number of hydrogen-bond acceptors (Lipinski definition) is 5. The molecule has 150 valence electrons. The van der Waals surface area contributed by atoms with Crippen LogP contribution in [-0.4, -0.2) is 36.2 Å². The number of carbonyl (C=O) groups is 4. The van der Waals surface area contributed by atoms with E-state index in [1.165, 1.54) is 13.8 Å². The summed E-state index contributed by atoms with van der Waals surface area (Å²) >= 11 is 0. The zero-order chi connectivity index (χ0) is 21.0. The minimum absolute atomic E-state index is 0.0241. The highest BCUT2D eigenvalue weighted by Crippen LogP contribution is 2.23. The standard InChI is InChI=1S/C22H22N2O5/c1-14(25)16-6-3-8-18(12-16)23-21(27)15(2)29-22(28)17-7-4-9-19(13-17)24-11-5-10-20(24)26/h3-4,6-9,12-13,15H,5,10-11H2,1-2H3,(H,23,27)/t15-/m1/s1. The molecule has 0 aliphatic carbocycles. The molecular formula is C22H22N2O5. The topological polar surface area (TPSA) is 92.8 Å². The SMILES string of the molecule is CC(=O)c1cccc(NC(=O)[C@@H](C)OC(=O)c2cccc(N3CCCC3=O)c2)c1. The summed E-state index contributed by atoms with van der Waals surface area (Å²) in [6, 6.07) is 13.1. The molecule has 0 unspecified atom stereocenters. The molecule has 2 amide bonds. The monoisotopic (exact) mass is 394 g/mol. The summed E-state index contributed by atoms with van der Waals surface area (Å²) in [6.45, 7) is 3.53. The number of ketones is 1. The largest absolute Gasteiger partial charge is 0.449 e. The van der Waals surface area contributed by atoms with Crippen molar-refractivity contribution in [3.05, 3.63) is 59.7 Å². The Kier molecular flexibility index (Phi) is 6.07. The second-order valence-electron chi connectivity index (χ2n) is 6.87. The fraction of sp³-hybridized carbons (Fsp3) is 0.273. The number of Topliss-reactive ketones (excluding diaryl/α,β-unsaturated/α-hetero) is 1. The van der Waals surface area contributed by atoms with E-state index in [0.29, 0.717) is 29.9 Å².